The summed E-state index contributed by atoms with van der Waals surface area (Å²) in [6, 6.07) is 86.6. The maximum atomic E-state index is 5.08. The smallest absolute Gasteiger partial charge is 0.101 e. The molecule has 2 nitrogen and oxygen atoms in total. The predicted octanol–water partition coefficient (Wildman–Crippen LogP) is 25.5. The maximum Gasteiger partial charge on any atom is 0.101 e. The zero-order valence-electron chi connectivity index (χ0n) is 55.4. The number of hydrogen-bond donors (Lipinski definition) is 1. The molecule has 0 saturated heterocycles. The van der Waals surface area contributed by atoms with Gasteiger partial charge in [-0.3, -0.25) is 0 Å². The lowest BCUT2D eigenvalue weighted by Gasteiger charge is -2.07. The molecule has 0 amide bonds. The van der Waals surface area contributed by atoms with Crippen LogP contribution in [-0.4, -0.2) is 4.98 Å². The van der Waals surface area contributed by atoms with E-state index in [4.69, 9.17) is 4.42 Å². The first-order valence-electron chi connectivity index (χ1n) is 31.0. The minimum Gasteiger partial charge on any atom is -0.467 e. The van der Waals surface area contributed by atoms with E-state index < -0.39 is 0 Å². The molecule has 3 heterocycles. The van der Waals surface area contributed by atoms with Crippen molar-refractivity contribution in [2.24, 2.45) is 0 Å². The third kappa shape index (κ3) is 18.6. The van der Waals surface area contributed by atoms with Gasteiger partial charge in [0.05, 0.1) is 0 Å². The molecule has 0 aliphatic carbocycles. The second-order valence-corrected chi connectivity index (χ2v) is 25.5. The van der Waals surface area contributed by atoms with Crippen LogP contribution >= 0.6 is 11.3 Å². The monoisotopic (exact) mass is 1180 g/mol. The average Bonchev–Trinajstić information content (AvgIpc) is 1.63. The van der Waals surface area contributed by atoms with Gasteiger partial charge in [-0.25, -0.2) is 0 Å². The second kappa shape index (κ2) is 31.1. The molecule has 15 aromatic rings. The molecule has 0 aliphatic rings. The summed E-state index contributed by atoms with van der Waals surface area (Å²) in [5, 5.41) is 18.9. The molecule has 89 heavy (non-hydrogen) atoms. The van der Waals surface area contributed by atoms with Gasteiger partial charge >= 0.3 is 0 Å². The fourth-order valence-electron chi connectivity index (χ4n) is 11.2. The van der Waals surface area contributed by atoms with Crippen LogP contribution < -0.4 is 0 Å². The molecule has 0 atom stereocenters. The van der Waals surface area contributed by atoms with Gasteiger partial charge in [-0.15, -0.1) is 11.3 Å². The van der Waals surface area contributed by atoms with Crippen LogP contribution in [0, 0.1) is 111 Å². The maximum absolute atomic E-state index is 5.08. The van der Waals surface area contributed by atoms with Gasteiger partial charge in [-0.05, 0) is 245 Å². The van der Waals surface area contributed by atoms with Crippen LogP contribution in [0.1, 0.15) is 88.3 Å². The van der Waals surface area contributed by atoms with Crippen LogP contribution in [0.4, 0.5) is 0 Å². The van der Waals surface area contributed by atoms with Crippen molar-refractivity contribution in [3.8, 4) is 0 Å². The van der Waals surface area contributed by atoms with Gasteiger partial charge in [0, 0.05) is 21.1 Å². The van der Waals surface area contributed by atoms with Crippen molar-refractivity contribution >= 4 is 86.7 Å². The number of furan rings is 1. The number of thiophene rings is 1. The molecule has 0 bridgehead atoms. The van der Waals surface area contributed by atoms with Crippen LogP contribution in [0.5, 0.6) is 0 Å². The summed E-state index contributed by atoms with van der Waals surface area (Å²) in [4.78, 5) is 5.94. The van der Waals surface area contributed by atoms with Gasteiger partial charge in [0.15, 0.2) is 0 Å². The van der Waals surface area contributed by atoms with Crippen molar-refractivity contribution < 1.29 is 4.42 Å². The van der Waals surface area contributed by atoms with E-state index in [2.05, 4.69) is 319 Å². The quantitative estimate of drug-likeness (QED) is 0.151. The van der Waals surface area contributed by atoms with E-state index in [9.17, 15) is 0 Å². The highest BCUT2D eigenvalue weighted by atomic mass is 32.1. The molecular weight excluding hydrogens is 1100 g/mol. The Labute approximate surface area is 534 Å². The Balaban J connectivity index is 0.000000134. The first-order chi connectivity index (χ1) is 42.7. The van der Waals surface area contributed by atoms with Crippen molar-refractivity contribution in [2.45, 2.75) is 111 Å². The highest BCUT2D eigenvalue weighted by Crippen LogP contribution is 2.30. The third-order valence-corrected chi connectivity index (χ3v) is 16.7. The summed E-state index contributed by atoms with van der Waals surface area (Å²) < 4.78 is 5.08. The van der Waals surface area contributed by atoms with E-state index in [1.807, 2.05) is 51.2 Å². The molecule has 0 aliphatic heterocycles. The van der Waals surface area contributed by atoms with Crippen molar-refractivity contribution in [3.63, 3.8) is 0 Å². The Morgan fingerprint density at radius 3 is 1.00 bits per heavy atom. The van der Waals surface area contributed by atoms with Gasteiger partial charge in [0.25, 0.3) is 0 Å². The Hall–Kier alpha value is -9.28. The van der Waals surface area contributed by atoms with Gasteiger partial charge < -0.3 is 9.40 Å². The number of rotatable bonds is 0. The Morgan fingerprint density at radius 1 is 0.225 bits per heavy atom. The summed E-state index contributed by atoms with van der Waals surface area (Å²) in [6.07, 6.45) is 0. The fourth-order valence-corrected chi connectivity index (χ4v) is 12.0. The normalized spacial score (nSPS) is 10.5. The Kier molecular flexibility index (Phi) is 22.9. The molecule has 15 rings (SSSR count). The van der Waals surface area contributed by atoms with E-state index in [-0.39, 0.29) is 0 Å². The summed E-state index contributed by atoms with van der Waals surface area (Å²) >= 11 is 1.84. The predicted molar refractivity (Wildman–Crippen MR) is 394 cm³/mol. The molecule has 0 unspecified atom stereocenters. The SMILES string of the molecule is Cc1cc(C)c2ccccc2c1.Cc1ccc(C)[nH]1.Cc1ccc(C)c2ccccc12.Cc1ccc(C)o1.Cc1ccc(C)s1.Cc1ccc2c(ccc3cc(C)ccc32)c1.Cc1ccc2cc(C)c3ccccc3c2c1.Cc1ccc2cc(C)ccc2c1. The molecule has 0 spiro atoms. The number of benzene rings is 12. The van der Waals surface area contributed by atoms with Crippen LogP contribution in [-0.2, 0) is 0 Å². The van der Waals surface area contributed by atoms with Crippen LogP contribution in [0.15, 0.2) is 247 Å². The van der Waals surface area contributed by atoms with E-state index in [0.717, 1.165) is 11.5 Å². The molecule has 0 radical (unpaired) electrons. The number of H-pyrrole nitrogens is 1. The number of fused-ring (bicyclic) bond motifs is 9. The minimum atomic E-state index is 0.984. The standard InChI is InChI=1S/2C16H14.3C12H12.C6H9N.C6H8O.C6H8S/c1-11-3-7-15-13(9-11)5-6-14-10-12(2)4-8-16(14)15;1-11-7-8-13-10-12(2)14-5-3-4-6-15(14)16(13)9-11;1-9-3-5-12-8-10(2)4-6-11(12)7-9;1-9-7-10(2)12-6-4-3-5-11(12)8-9;1-9-7-8-10(2)12-6-4-3-5-11(9)12;3*1-5-3-4-6(2)7-5/h2*3-10H,1-2H3;3*3-8H,1-2H3;3-4,7H,1-2H3;2*3-4H,1-2H3. The fraction of sp³-hybridized carbons (Fsp3) is 0.186. The average molecular weight is 1180 g/mol. The third-order valence-electron chi connectivity index (χ3n) is 15.8. The van der Waals surface area contributed by atoms with Crippen LogP contribution in [0.25, 0.3) is 75.4 Å². The lowest BCUT2D eigenvalue weighted by molar-refractivity contribution is 0.504. The van der Waals surface area contributed by atoms with E-state index in [1.54, 1.807) is 0 Å². The zero-order chi connectivity index (χ0) is 63.7. The molecule has 1 N–H and O–H groups in total. The number of aromatic nitrogens is 1. The van der Waals surface area contributed by atoms with Crippen molar-refractivity contribution in [3.05, 3.63) is 331 Å². The molecule has 3 aromatic heterocycles. The number of hydrogen-bond acceptors (Lipinski definition) is 2. The molecule has 3 heteroatoms. The van der Waals surface area contributed by atoms with E-state index in [1.165, 1.54) is 152 Å². The molecular formula is C86H89NOS. The summed E-state index contributed by atoms with van der Waals surface area (Å²) in [6.45, 7) is 33.7. The van der Waals surface area contributed by atoms with E-state index >= 15 is 0 Å². The highest BCUT2D eigenvalue weighted by molar-refractivity contribution is 7.11. The number of aromatic amines is 1. The Morgan fingerprint density at radius 2 is 0.573 bits per heavy atom. The van der Waals surface area contributed by atoms with Crippen LogP contribution in [0.2, 0.25) is 0 Å². The topological polar surface area (TPSA) is 28.9 Å². The van der Waals surface area contributed by atoms with Gasteiger partial charge in [0.2, 0.25) is 0 Å². The molecule has 0 saturated carbocycles. The van der Waals surface area contributed by atoms with Gasteiger partial charge in [-0.1, -0.05) is 240 Å². The molecule has 12 aromatic carbocycles. The molecule has 450 valence electrons. The molecule has 0 fully saturated rings. The van der Waals surface area contributed by atoms with E-state index in [0.29, 0.717) is 0 Å². The Bertz CT molecular complexity index is 4530. The summed E-state index contributed by atoms with van der Waals surface area (Å²) in [5.74, 6) is 1.97. The highest BCUT2D eigenvalue weighted by Gasteiger charge is 2.05. The van der Waals surface area contributed by atoms with Crippen molar-refractivity contribution in [2.75, 3.05) is 0 Å². The number of aryl methyl sites for hydroxylation is 16. The second-order valence-electron chi connectivity index (χ2n) is 24.0. The summed E-state index contributed by atoms with van der Waals surface area (Å²) in [7, 11) is 0. The van der Waals surface area contributed by atoms with Crippen molar-refractivity contribution in [1.29, 1.82) is 0 Å². The van der Waals surface area contributed by atoms with Gasteiger partial charge in [0.1, 0.15) is 11.5 Å². The van der Waals surface area contributed by atoms with Gasteiger partial charge in [-0.2, -0.15) is 0 Å². The minimum absolute atomic E-state index is 0.984. The first kappa shape index (κ1) is 65.7. The number of nitrogens with one attached hydrogen (secondary N) is 1. The first-order valence-corrected chi connectivity index (χ1v) is 31.8. The largest absolute Gasteiger partial charge is 0.467 e. The lowest BCUT2D eigenvalue weighted by Crippen LogP contribution is -1.83. The summed E-state index contributed by atoms with van der Waals surface area (Å²) in [5.41, 5.74) is 15.9. The van der Waals surface area contributed by atoms with Crippen molar-refractivity contribution in [1.82, 2.24) is 4.98 Å². The van der Waals surface area contributed by atoms with Crippen LogP contribution in [0.3, 0.4) is 0 Å². The lowest BCUT2D eigenvalue weighted by atomic mass is 9.97. The zero-order valence-corrected chi connectivity index (χ0v) is 56.2.